The van der Waals surface area contributed by atoms with Gasteiger partial charge < -0.3 is 9.72 Å². The van der Waals surface area contributed by atoms with Crippen LogP contribution in [0, 0.1) is 0 Å². The summed E-state index contributed by atoms with van der Waals surface area (Å²) in [5.74, 6) is -0.353. The number of aromatic nitrogens is 2. The van der Waals surface area contributed by atoms with E-state index in [0.29, 0.717) is 19.6 Å². The molecule has 1 unspecified atom stereocenters. The topological polar surface area (TPSA) is 81.2 Å². The van der Waals surface area contributed by atoms with Gasteiger partial charge in [0, 0.05) is 12.8 Å². The number of carbonyl (C=O) groups is 1. The van der Waals surface area contributed by atoms with Crippen molar-refractivity contribution in [2.75, 3.05) is 13.2 Å². The third-order valence-corrected chi connectivity index (χ3v) is 2.66. The van der Waals surface area contributed by atoms with E-state index in [9.17, 15) is 14.4 Å². The molecular formula is C10H12N2O4. The maximum Gasteiger partial charge on any atom is 0.328 e. The lowest BCUT2D eigenvalue weighted by atomic mass is 10.2. The second-order valence-corrected chi connectivity index (χ2v) is 3.76. The van der Waals surface area contributed by atoms with Crippen molar-refractivity contribution in [1.82, 2.24) is 9.55 Å². The summed E-state index contributed by atoms with van der Waals surface area (Å²) in [6.07, 6.45) is 1.78. The molecule has 0 spiro atoms. The molecular weight excluding hydrogens is 212 g/mol. The molecule has 1 aliphatic heterocycles. The standard InChI is InChI=1S/C10H12N2O4/c1-6(13)8-4-11-10(15)12(9(8)14)7-2-3-16-5-7/h4,7H,2-3,5H2,1H3,(H,11,15). The highest BCUT2D eigenvalue weighted by molar-refractivity contribution is 5.93. The van der Waals surface area contributed by atoms with Gasteiger partial charge in [0.25, 0.3) is 5.56 Å². The maximum absolute atomic E-state index is 11.9. The molecule has 1 saturated heterocycles. The first-order valence-corrected chi connectivity index (χ1v) is 5.04. The number of hydrogen-bond acceptors (Lipinski definition) is 4. The van der Waals surface area contributed by atoms with E-state index in [1.165, 1.54) is 13.1 Å². The Morgan fingerprint density at radius 1 is 1.56 bits per heavy atom. The summed E-state index contributed by atoms with van der Waals surface area (Å²) in [6, 6.07) is -0.268. The second kappa shape index (κ2) is 4.05. The summed E-state index contributed by atoms with van der Waals surface area (Å²) >= 11 is 0. The van der Waals surface area contributed by atoms with Crippen molar-refractivity contribution in [2.45, 2.75) is 19.4 Å². The molecule has 1 aromatic rings. The molecule has 0 aliphatic carbocycles. The molecule has 86 valence electrons. The summed E-state index contributed by atoms with van der Waals surface area (Å²) in [6.45, 7) is 2.16. The predicted molar refractivity (Wildman–Crippen MR) is 55.8 cm³/mol. The highest BCUT2D eigenvalue weighted by Crippen LogP contribution is 2.14. The molecule has 6 heteroatoms. The largest absolute Gasteiger partial charge is 0.379 e. The van der Waals surface area contributed by atoms with Crippen molar-refractivity contribution >= 4 is 5.78 Å². The van der Waals surface area contributed by atoms with Gasteiger partial charge in [0.05, 0.1) is 18.2 Å². The normalized spacial score (nSPS) is 19.9. The summed E-state index contributed by atoms with van der Waals surface area (Å²) in [5.41, 5.74) is -1.02. The van der Waals surface area contributed by atoms with Gasteiger partial charge in [-0.3, -0.25) is 14.2 Å². The van der Waals surface area contributed by atoms with Gasteiger partial charge in [0.2, 0.25) is 0 Å². The SMILES string of the molecule is CC(=O)c1c[nH]c(=O)n(C2CCOC2)c1=O. The van der Waals surface area contributed by atoms with E-state index in [1.807, 2.05) is 0 Å². The Kier molecular flexibility index (Phi) is 2.74. The first kappa shape index (κ1) is 10.8. The molecule has 6 nitrogen and oxygen atoms in total. The fourth-order valence-electron chi connectivity index (χ4n) is 1.80. The van der Waals surface area contributed by atoms with E-state index in [1.54, 1.807) is 0 Å². The van der Waals surface area contributed by atoms with Crippen molar-refractivity contribution in [3.63, 3.8) is 0 Å². The minimum atomic E-state index is -0.535. The minimum absolute atomic E-state index is 0.00602. The average molecular weight is 224 g/mol. The van der Waals surface area contributed by atoms with Gasteiger partial charge in [-0.2, -0.15) is 0 Å². The Balaban J connectivity index is 2.59. The molecule has 0 bridgehead atoms. The Morgan fingerprint density at radius 2 is 2.31 bits per heavy atom. The van der Waals surface area contributed by atoms with Crippen LogP contribution in [0.1, 0.15) is 29.7 Å². The third kappa shape index (κ3) is 1.71. The second-order valence-electron chi connectivity index (χ2n) is 3.76. The monoisotopic (exact) mass is 224 g/mol. The summed E-state index contributed by atoms with van der Waals surface area (Å²) in [5, 5.41) is 0. The number of hydrogen-bond donors (Lipinski definition) is 1. The number of ketones is 1. The van der Waals surface area contributed by atoms with E-state index in [-0.39, 0.29) is 17.4 Å². The van der Waals surface area contributed by atoms with Crippen molar-refractivity contribution < 1.29 is 9.53 Å². The number of nitrogens with zero attached hydrogens (tertiary/aromatic N) is 1. The van der Waals surface area contributed by atoms with E-state index in [4.69, 9.17) is 4.74 Å². The lowest BCUT2D eigenvalue weighted by molar-refractivity contribution is 0.101. The highest BCUT2D eigenvalue weighted by atomic mass is 16.5. The van der Waals surface area contributed by atoms with Gasteiger partial charge in [0.1, 0.15) is 0 Å². The maximum atomic E-state index is 11.9. The summed E-state index contributed by atoms with van der Waals surface area (Å²) in [7, 11) is 0. The van der Waals surface area contributed by atoms with Crippen LogP contribution in [0.15, 0.2) is 15.8 Å². The molecule has 0 radical (unpaired) electrons. The predicted octanol–water partition coefficient (Wildman–Crippen LogP) is -0.299. The molecule has 1 aliphatic rings. The van der Waals surface area contributed by atoms with Crippen LogP contribution in [0.2, 0.25) is 0 Å². The average Bonchev–Trinajstić information content (AvgIpc) is 2.70. The lowest BCUT2D eigenvalue weighted by Gasteiger charge is -2.10. The van der Waals surface area contributed by atoms with Gasteiger partial charge in [0.15, 0.2) is 5.78 Å². The number of H-pyrrole nitrogens is 1. The van der Waals surface area contributed by atoms with E-state index in [2.05, 4.69) is 4.98 Å². The van der Waals surface area contributed by atoms with Gasteiger partial charge in [-0.1, -0.05) is 0 Å². The van der Waals surface area contributed by atoms with Gasteiger partial charge >= 0.3 is 5.69 Å². The zero-order chi connectivity index (χ0) is 11.7. The molecule has 2 heterocycles. The first-order chi connectivity index (χ1) is 7.61. The molecule has 2 rings (SSSR count). The number of ether oxygens (including phenoxy) is 1. The Labute approximate surface area is 90.9 Å². The Hall–Kier alpha value is -1.69. The zero-order valence-electron chi connectivity index (χ0n) is 8.86. The van der Waals surface area contributed by atoms with Crippen LogP contribution in [0.25, 0.3) is 0 Å². The number of rotatable bonds is 2. The third-order valence-electron chi connectivity index (χ3n) is 2.66. The number of carbonyl (C=O) groups excluding carboxylic acids is 1. The van der Waals surface area contributed by atoms with Gasteiger partial charge in [-0.25, -0.2) is 4.79 Å². The van der Waals surface area contributed by atoms with Crippen LogP contribution < -0.4 is 11.2 Å². The van der Waals surface area contributed by atoms with E-state index >= 15 is 0 Å². The molecule has 1 aromatic heterocycles. The molecule has 16 heavy (non-hydrogen) atoms. The Bertz CT molecular complexity index is 522. The Morgan fingerprint density at radius 3 is 2.88 bits per heavy atom. The van der Waals surface area contributed by atoms with Crippen LogP contribution >= 0.6 is 0 Å². The molecule has 0 saturated carbocycles. The van der Waals surface area contributed by atoms with Crippen molar-refractivity contribution in [1.29, 1.82) is 0 Å². The molecule has 1 fully saturated rings. The van der Waals surface area contributed by atoms with Gasteiger partial charge in [-0.15, -0.1) is 0 Å². The highest BCUT2D eigenvalue weighted by Gasteiger charge is 2.22. The van der Waals surface area contributed by atoms with Crippen molar-refractivity contribution in [2.24, 2.45) is 0 Å². The van der Waals surface area contributed by atoms with Crippen molar-refractivity contribution in [3.05, 3.63) is 32.6 Å². The quantitative estimate of drug-likeness (QED) is 0.699. The van der Waals surface area contributed by atoms with Crippen molar-refractivity contribution in [3.8, 4) is 0 Å². The van der Waals surface area contributed by atoms with Crippen LogP contribution in [0.5, 0.6) is 0 Å². The minimum Gasteiger partial charge on any atom is -0.379 e. The fraction of sp³-hybridized carbons (Fsp3) is 0.500. The van der Waals surface area contributed by atoms with Gasteiger partial charge in [-0.05, 0) is 13.3 Å². The number of Topliss-reactive ketones (excluding diaryl/α,β-unsaturated/α-hetero) is 1. The van der Waals surface area contributed by atoms with E-state index < -0.39 is 11.2 Å². The first-order valence-electron chi connectivity index (χ1n) is 5.04. The molecule has 1 atom stereocenters. The molecule has 1 N–H and O–H groups in total. The van der Waals surface area contributed by atoms with Crippen LogP contribution in [-0.4, -0.2) is 28.5 Å². The smallest absolute Gasteiger partial charge is 0.328 e. The molecule has 0 amide bonds. The lowest BCUT2D eigenvalue weighted by Crippen LogP contribution is -2.40. The van der Waals surface area contributed by atoms with Crippen LogP contribution in [0.4, 0.5) is 0 Å². The fourth-order valence-corrected chi connectivity index (χ4v) is 1.80. The summed E-state index contributed by atoms with van der Waals surface area (Å²) < 4.78 is 6.20. The number of aromatic amines is 1. The molecule has 0 aromatic carbocycles. The number of nitrogens with one attached hydrogen (secondary N) is 1. The van der Waals surface area contributed by atoms with Crippen LogP contribution in [0.3, 0.4) is 0 Å². The summed E-state index contributed by atoms with van der Waals surface area (Å²) in [4.78, 5) is 37.0. The van der Waals surface area contributed by atoms with Crippen LogP contribution in [-0.2, 0) is 4.74 Å². The zero-order valence-corrected chi connectivity index (χ0v) is 8.86. The van der Waals surface area contributed by atoms with E-state index in [0.717, 1.165) is 4.57 Å².